The van der Waals surface area contributed by atoms with Crippen molar-refractivity contribution < 1.29 is 19.1 Å². The molecule has 0 spiro atoms. The summed E-state index contributed by atoms with van der Waals surface area (Å²) < 4.78 is 5.35. The van der Waals surface area contributed by atoms with Crippen LogP contribution in [0.4, 0.5) is 11.4 Å². The molecule has 2 amide bonds. The quantitative estimate of drug-likeness (QED) is 0.353. The fourth-order valence-corrected chi connectivity index (χ4v) is 4.89. The SMILES string of the molecule is CCN(C(=O)COC(=O)c1ccccc1SCC(=O)N1CCc2ccccc21)c1ccccc1. The van der Waals surface area contributed by atoms with E-state index in [1.54, 1.807) is 28.0 Å². The Balaban J connectivity index is 1.37. The van der Waals surface area contributed by atoms with Crippen molar-refractivity contribution in [1.82, 2.24) is 0 Å². The summed E-state index contributed by atoms with van der Waals surface area (Å²) in [7, 11) is 0. The molecule has 0 fully saturated rings. The maximum atomic E-state index is 12.9. The van der Waals surface area contributed by atoms with Crippen LogP contribution in [-0.2, 0) is 20.7 Å². The zero-order valence-electron chi connectivity index (χ0n) is 19.0. The average Bonchev–Trinajstić information content (AvgIpc) is 3.31. The molecule has 0 saturated carbocycles. The van der Waals surface area contributed by atoms with Crippen molar-refractivity contribution in [2.45, 2.75) is 18.2 Å². The Morgan fingerprint density at radius 1 is 0.941 bits per heavy atom. The second-order valence-electron chi connectivity index (χ2n) is 7.76. The van der Waals surface area contributed by atoms with Crippen molar-refractivity contribution in [3.05, 3.63) is 90.0 Å². The number of ether oxygens (including phenoxy) is 1. The number of benzene rings is 3. The average molecular weight is 475 g/mol. The number of carbonyl (C=O) groups is 3. The first-order valence-corrected chi connectivity index (χ1v) is 12.2. The minimum atomic E-state index is -0.584. The van der Waals surface area contributed by atoms with E-state index in [9.17, 15) is 14.4 Å². The van der Waals surface area contributed by atoms with E-state index in [2.05, 4.69) is 0 Å². The van der Waals surface area contributed by atoms with Crippen molar-refractivity contribution in [1.29, 1.82) is 0 Å². The van der Waals surface area contributed by atoms with Crippen molar-refractivity contribution in [2.24, 2.45) is 0 Å². The molecular formula is C27H26N2O4S. The zero-order chi connectivity index (χ0) is 23.9. The summed E-state index contributed by atoms with van der Waals surface area (Å²) in [6.45, 7) is 2.65. The third-order valence-corrected chi connectivity index (χ3v) is 6.72. The molecule has 3 aromatic rings. The summed E-state index contributed by atoms with van der Waals surface area (Å²) >= 11 is 1.30. The van der Waals surface area contributed by atoms with Gasteiger partial charge in [0.2, 0.25) is 5.91 Å². The van der Waals surface area contributed by atoms with Crippen LogP contribution in [-0.4, -0.2) is 43.2 Å². The molecule has 0 atom stereocenters. The molecule has 7 heteroatoms. The van der Waals surface area contributed by atoms with Crippen LogP contribution in [0.5, 0.6) is 0 Å². The van der Waals surface area contributed by atoms with Gasteiger partial charge >= 0.3 is 5.97 Å². The van der Waals surface area contributed by atoms with Crippen LogP contribution in [0.15, 0.2) is 83.8 Å². The van der Waals surface area contributed by atoms with Gasteiger partial charge in [-0.3, -0.25) is 9.59 Å². The third kappa shape index (κ3) is 5.31. The van der Waals surface area contributed by atoms with Gasteiger partial charge in [-0.15, -0.1) is 11.8 Å². The number of nitrogens with zero attached hydrogens (tertiary/aromatic N) is 2. The van der Waals surface area contributed by atoms with E-state index in [-0.39, 0.29) is 24.2 Å². The van der Waals surface area contributed by atoms with Crippen molar-refractivity contribution in [3.63, 3.8) is 0 Å². The van der Waals surface area contributed by atoms with Crippen LogP contribution < -0.4 is 9.80 Å². The predicted octanol–water partition coefficient (Wildman–Crippen LogP) is 4.58. The molecule has 1 aliphatic rings. The minimum absolute atomic E-state index is 0.00486. The van der Waals surface area contributed by atoms with Gasteiger partial charge in [0.05, 0.1) is 11.3 Å². The number of fused-ring (bicyclic) bond motifs is 1. The van der Waals surface area contributed by atoms with E-state index >= 15 is 0 Å². The molecule has 0 radical (unpaired) electrons. The van der Waals surface area contributed by atoms with Crippen LogP contribution >= 0.6 is 11.8 Å². The molecule has 0 saturated heterocycles. The highest BCUT2D eigenvalue weighted by molar-refractivity contribution is 8.00. The highest BCUT2D eigenvalue weighted by Crippen LogP contribution is 2.30. The van der Waals surface area contributed by atoms with Gasteiger partial charge < -0.3 is 14.5 Å². The lowest BCUT2D eigenvalue weighted by atomic mass is 10.2. The number of hydrogen-bond donors (Lipinski definition) is 0. The van der Waals surface area contributed by atoms with E-state index in [1.165, 1.54) is 17.3 Å². The lowest BCUT2D eigenvalue weighted by molar-refractivity contribution is -0.121. The van der Waals surface area contributed by atoms with Crippen molar-refractivity contribution in [2.75, 3.05) is 35.2 Å². The Hall–Kier alpha value is -3.58. The fraction of sp³-hybridized carbons (Fsp3) is 0.222. The van der Waals surface area contributed by atoms with E-state index in [0.29, 0.717) is 23.5 Å². The number of carbonyl (C=O) groups excluding carboxylic acids is 3. The zero-order valence-corrected chi connectivity index (χ0v) is 19.8. The van der Waals surface area contributed by atoms with Gasteiger partial charge in [-0.25, -0.2) is 4.79 Å². The lowest BCUT2D eigenvalue weighted by Gasteiger charge is -2.21. The number of anilines is 2. The second kappa shape index (κ2) is 11.0. The molecule has 1 heterocycles. The minimum Gasteiger partial charge on any atom is -0.452 e. The number of thioether (sulfide) groups is 1. The summed E-state index contributed by atoms with van der Waals surface area (Å²) in [5.74, 6) is -0.681. The Bertz CT molecular complexity index is 1180. The number of amides is 2. The van der Waals surface area contributed by atoms with Crippen LogP contribution in [0.25, 0.3) is 0 Å². The Morgan fingerprint density at radius 2 is 1.65 bits per heavy atom. The number of hydrogen-bond acceptors (Lipinski definition) is 5. The predicted molar refractivity (Wildman–Crippen MR) is 134 cm³/mol. The van der Waals surface area contributed by atoms with Gasteiger partial charge in [0.15, 0.2) is 6.61 Å². The molecule has 0 bridgehead atoms. The van der Waals surface area contributed by atoms with Gasteiger partial charge in [-0.1, -0.05) is 48.5 Å². The summed E-state index contributed by atoms with van der Waals surface area (Å²) in [6, 6.07) is 24.2. The molecule has 34 heavy (non-hydrogen) atoms. The lowest BCUT2D eigenvalue weighted by Crippen LogP contribution is -2.34. The van der Waals surface area contributed by atoms with Crippen LogP contribution in [0.2, 0.25) is 0 Å². The Morgan fingerprint density at radius 3 is 2.44 bits per heavy atom. The van der Waals surface area contributed by atoms with E-state index in [1.807, 2.05) is 67.6 Å². The maximum absolute atomic E-state index is 12.9. The van der Waals surface area contributed by atoms with Gasteiger partial charge in [0.1, 0.15) is 0 Å². The molecule has 4 rings (SSSR count). The summed E-state index contributed by atoms with van der Waals surface area (Å²) in [6.07, 6.45) is 0.848. The topological polar surface area (TPSA) is 66.9 Å². The number of para-hydroxylation sites is 2. The number of esters is 1. The molecule has 6 nitrogen and oxygen atoms in total. The fourth-order valence-electron chi connectivity index (χ4n) is 3.97. The van der Waals surface area contributed by atoms with E-state index in [4.69, 9.17) is 4.74 Å². The molecule has 0 N–H and O–H groups in total. The number of rotatable bonds is 8. The molecule has 0 aromatic heterocycles. The van der Waals surface area contributed by atoms with Crippen LogP contribution in [0.3, 0.4) is 0 Å². The standard InChI is InChI=1S/C27H26N2O4S/c1-2-28(21-11-4-3-5-12-21)25(30)18-33-27(32)22-13-7-9-15-24(22)34-19-26(31)29-17-16-20-10-6-8-14-23(20)29/h3-15H,2,16-19H2,1H3. The molecule has 174 valence electrons. The number of likely N-dealkylation sites (N-methyl/N-ethyl adjacent to an activating group) is 1. The summed E-state index contributed by atoms with van der Waals surface area (Å²) in [5, 5.41) is 0. The molecule has 3 aromatic carbocycles. The van der Waals surface area contributed by atoms with Crippen LogP contribution in [0, 0.1) is 0 Å². The largest absolute Gasteiger partial charge is 0.452 e. The summed E-state index contributed by atoms with van der Waals surface area (Å²) in [5.41, 5.74) is 3.23. The Kier molecular flexibility index (Phi) is 7.65. The normalized spacial score (nSPS) is 12.2. The van der Waals surface area contributed by atoms with E-state index < -0.39 is 5.97 Å². The smallest absolute Gasteiger partial charge is 0.339 e. The van der Waals surface area contributed by atoms with Crippen molar-refractivity contribution >= 4 is 40.9 Å². The second-order valence-corrected chi connectivity index (χ2v) is 8.78. The monoisotopic (exact) mass is 474 g/mol. The molecule has 1 aliphatic heterocycles. The van der Waals surface area contributed by atoms with Gasteiger partial charge in [0.25, 0.3) is 5.91 Å². The van der Waals surface area contributed by atoms with Crippen LogP contribution in [0.1, 0.15) is 22.8 Å². The van der Waals surface area contributed by atoms with Gasteiger partial charge in [0, 0.05) is 29.4 Å². The molecule has 0 aliphatic carbocycles. The first-order valence-electron chi connectivity index (χ1n) is 11.2. The first kappa shape index (κ1) is 23.6. The Labute approximate surface area is 203 Å². The van der Waals surface area contributed by atoms with Gasteiger partial charge in [-0.2, -0.15) is 0 Å². The molecule has 0 unspecified atom stereocenters. The third-order valence-electron chi connectivity index (χ3n) is 5.66. The summed E-state index contributed by atoms with van der Waals surface area (Å²) in [4.78, 5) is 42.3. The highest BCUT2D eigenvalue weighted by Gasteiger charge is 2.25. The first-order chi connectivity index (χ1) is 16.6. The highest BCUT2D eigenvalue weighted by atomic mass is 32.2. The molecular weight excluding hydrogens is 448 g/mol. The van der Waals surface area contributed by atoms with E-state index in [0.717, 1.165) is 17.8 Å². The van der Waals surface area contributed by atoms with Gasteiger partial charge in [-0.05, 0) is 49.2 Å². The van der Waals surface area contributed by atoms with Crippen molar-refractivity contribution in [3.8, 4) is 0 Å². The maximum Gasteiger partial charge on any atom is 0.339 e.